The monoisotopic (exact) mass is 285 g/mol. The summed E-state index contributed by atoms with van der Waals surface area (Å²) in [7, 11) is 2.09. The summed E-state index contributed by atoms with van der Waals surface area (Å²) in [6.07, 6.45) is 3.98. The van der Waals surface area contributed by atoms with Gasteiger partial charge < -0.3 is 15.2 Å². The van der Waals surface area contributed by atoms with E-state index < -0.39 is 0 Å². The van der Waals surface area contributed by atoms with E-state index in [1.165, 1.54) is 0 Å². The molecule has 1 aromatic rings. The van der Waals surface area contributed by atoms with E-state index in [0.29, 0.717) is 5.69 Å². The van der Waals surface area contributed by atoms with Gasteiger partial charge in [0, 0.05) is 23.3 Å². The molecule has 1 atom stereocenters. The van der Waals surface area contributed by atoms with Crippen LogP contribution in [0.2, 0.25) is 0 Å². The van der Waals surface area contributed by atoms with Crippen molar-refractivity contribution in [2.75, 3.05) is 20.1 Å². The van der Waals surface area contributed by atoms with Gasteiger partial charge in [-0.1, -0.05) is 0 Å². The van der Waals surface area contributed by atoms with Crippen molar-refractivity contribution >= 4 is 21.8 Å². The molecule has 1 aliphatic rings. The molecular formula is C11H16BrN3O. The molecule has 0 aliphatic carbocycles. The van der Waals surface area contributed by atoms with Gasteiger partial charge >= 0.3 is 0 Å². The predicted octanol–water partition coefficient (Wildman–Crippen LogP) is 1.60. The highest BCUT2D eigenvalue weighted by Gasteiger charge is 2.19. The first kappa shape index (κ1) is 11.7. The first-order valence-corrected chi connectivity index (χ1v) is 6.28. The lowest BCUT2D eigenvalue weighted by molar-refractivity contribution is 0.0908. The maximum Gasteiger partial charge on any atom is 0.267 e. The number of rotatable bonds is 2. The maximum atomic E-state index is 11.9. The fourth-order valence-electron chi connectivity index (χ4n) is 2.05. The smallest absolute Gasteiger partial charge is 0.267 e. The zero-order valence-corrected chi connectivity index (χ0v) is 10.9. The van der Waals surface area contributed by atoms with Gasteiger partial charge in [0.1, 0.15) is 5.69 Å². The number of halogens is 1. The van der Waals surface area contributed by atoms with Crippen molar-refractivity contribution in [2.45, 2.75) is 18.9 Å². The maximum absolute atomic E-state index is 11.9. The highest BCUT2D eigenvalue weighted by Crippen LogP contribution is 2.12. The summed E-state index contributed by atoms with van der Waals surface area (Å²) in [6.45, 7) is 2.06. The third kappa shape index (κ3) is 2.86. The molecule has 2 N–H and O–H groups in total. The number of nitrogens with zero attached hydrogens (tertiary/aromatic N) is 1. The van der Waals surface area contributed by atoms with Crippen LogP contribution in [0.1, 0.15) is 23.3 Å². The van der Waals surface area contributed by atoms with Gasteiger partial charge in [-0.05, 0) is 48.4 Å². The van der Waals surface area contributed by atoms with Crippen molar-refractivity contribution in [3.8, 4) is 0 Å². The number of H-pyrrole nitrogens is 1. The minimum Gasteiger partial charge on any atom is -0.356 e. The largest absolute Gasteiger partial charge is 0.356 e. The summed E-state index contributed by atoms with van der Waals surface area (Å²) >= 11 is 3.32. The van der Waals surface area contributed by atoms with Crippen molar-refractivity contribution in [1.82, 2.24) is 15.2 Å². The van der Waals surface area contributed by atoms with Crippen molar-refractivity contribution in [3.05, 3.63) is 22.4 Å². The number of carbonyl (C=O) groups excluding carboxylic acids is 1. The van der Waals surface area contributed by atoms with Gasteiger partial charge in [0.25, 0.3) is 5.91 Å². The molecule has 88 valence electrons. The van der Waals surface area contributed by atoms with E-state index >= 15 is 0 Å². The molecule has 0 aromatic carbocycles. The Kier molecular flexibility index (Phi) is 3.66. The molecule has 5 heteroatoms. The Labute approximate surface area is 104 Å². The first-order chi connectivity index (χ1) is 7.65. The normalized spacial score (nSPS) is 22.0. The second-order valence-corrected chi connectivity index (χ2v) is 5.22. The average molecular weight is 286 g/mol. The van der Waals surface area contributed by atoms with E-state index in [4.69, 9.17) is 0 Å². The Bertz CT molecular complexity index is 377. The Morgan fingerprint density at radius 3 is 3.12 bits per heavy atom. The van der Waals surface area contributed by atoms with Crippen LogP contribution in [0.15, 0.2) is 16.7 Å². The van der Waals surface area contributed by atoms with Crippen LogP contribution in [0.3, 0.4) is 0 Å². The summed E-state index contributed by atoms with van der Waals surface area (Å²) in [6, 6.07) is 2.07. The van der Waals surface area contributed by atoms with Crippen LogP contribution in [0.4, 0.5) is 0 Å². The number of amides is 1. The van der Waals surface area contributed by atoms with Gasteiger partial charge in [0.15, 0.2) is 0 Å². The molecule has 1 unspecified atom stereocenters. The number of nitrogens with one attached hydrogen (secondary N) is 2. The number of hydrogen-bond acceptors (Lipinski definition) is 2. The fraction of sp³-hybridized carbons (Fsp3) is 0.545. The number of piperidine rings is 1. The third-order valence-electron chi connectivity index (χ3n) is 2.85. The fourth-order valence-corrected chi connectivity index (χ4v) is 2.39. The number of aromatic nitrogens is 1. The van der Waals surface area contributed by atoms with E-state index in [9.17, 15) is 4.79 Å². The molecule has 16 heavy (non-hydrogen) atoms. The molecule has 1 aromatic heterocycles. The number of likely N-dealkylation sites (tertiary alicyclic amines) is 1. The van der Waals surface area contributed by atoms with Crippen LogP contribution < -0.4 is 5.32 Å². The average Bonchev–Trinajstić information content (AvgIpc) is 2.65. The van der Waals surface area contributed by atoms with Gasteiger partial charge in [-0.15, -0.1) is 0 Å². The molecular weight excluding hydrogens is 270 g/mol. The number of likely N-dealkylation sites (N-methyl/N-ethyl adjacent to an activating group) is 1. The second-order valence-electron chi connectivity index (χ2n) is 4.31. The zero-order valence-electron chi connectivity index (χ0n) is 9.29. The van der Waals surface area contributed by atoms with E-state index in [2.05, 4.69) is 38.2 Å². The molecule has 1 fully saturated rings. The Balaban J connectivity index is 1.92. The topological polar surface area (TPSA) is 48.1 Å². The highest BCUT2D eigenvalue weighted by atomic mass is 79.9. The zero-order chi connectivity index (χ0) is 11.5. The molecule has 0 radical (unpaired) electrons. The van der Waals surface area contributed by atoms with Crippen LogP contribution in [0.25, 0.3) is 0 Å². The molecule has 2 heterocycles. The van der Waals surface area contributed by atoms with Gasteiger partial charge in [0.2, 0.25) is 0 Å². The van der Waals surface area contributed by atoms with E-state index in [1.54, 1.807) is 12.3 Å². The molecule has 2 rings (SSSR count). The molecule has 0 saturated carbocycles. The summed E-state index contributed by atoms with van der Waals surface area (Å²) in [5, 5.41) is 3.05. The molecule has 0 bridgehead atoms. The molecule has 1 aliphatic heterocycles. The second kappa shape index (κ2) is 5.01. The minimum absolute atomic E-state index is 0.0222. The first-order valence-electron chi connectivity index (χ1n) is 5.48. The van der Waals surface area contributed by atoms with E-state index in [-0.39, 0.29) is 11.9 Å². The van der Waals surface area contributed by atoms with Crippen LogP contribution >= 0.6 is 15.9 Å². The SMILES string of the molecule is CN1CCCC(NC(=O)c2cc(Br)c[nH]2)C1. The lowest BCUT2D eigenvalue weighted by Crippen LogP contribution is -2.46. The van der Waals surface area contributed by atoms with Gasteiger partial charge in [-0.2, -0.15) is 0 Å². The molecule has 4 nitrogen and oxygen atoms in total. The Morgan fingerprint density at radius 2 is 2.50 bits per heavy atom. The van der Waals surface area contributed by atoms with Crippen LogP contribution in [0.5, 0.6) is 0 Å². The van der Waals surface area contributed by atoms with E-state index in [0.717, 1.165) is 30.4 Å². The number of hydrogen-bond donors (Lipinski definition) is 2. The lowest BCUT2D eigenvalue weighted by Gasteiger charge is -2.30. The van der Waals surface area contributed by atoms with Crippen LogP contribution in [-0.2, 0) is 0 Å². The Morgan fingerprint density at radius 1 is 1.69 bits per heavy atom. The number of aromatic amines is 1. The predicted molar refractivity (Wildman–Crippen MR) is 66.5 cm³/mol. The van der Waals surface area contributed by atoms with Crippen molar-refractivity contribution < 1.29 is 4.79 Å². The van der Waals surface area contributed by atoms with Crippen molar-refractivity contribution in [1.29, 1.82) is 0 Å². The quantitative estimate of drug-likeness (QED) is 0.867. The Hall–Kier alpha value is -0.810. The third-order valence-corrected chi connectivity index (χ3v) is 3.31. The van der Waals surface area contributed by atoms with Gasteiger partial charge in [0.05, 0.1) is 0 Å². The van der Waals surface area contributed by atoms with Gasteiger partial charge in [-0.25, -0.2) is 0 Å². The summed E-state index contributed by atoms with van der Waals surface area (Å²) in [4.78, 5) is 17.0. The summed E-state index contributed by atoms with van der Waals surface area (Å²) < 4.78 is 0.901. The van der Waals surface area contributed by atoms with Crippen LogP contribution in [0, 0.1) is 0 Å². The van der Waals surface area contributed by atoms with Crippen LogP contribution in [-0.4, -0.2) is 42.0 Å². The standard InChI is InChI=1S/C11H16BrN3O/c1-15-4-2-3-9(7-15)14-11(16)10-5-8(12)6-13-10/h5-6,9,13H,2-4,7H2,1H3,(H,14,16). The highest BCUT2D eigenvalue weighted by molar-refractivity contribution is 9.10. The molecule has 1 amide bonds. The van der Waals surface area contributed by atoms with Crippen molar-refractivity contribution in [3.63, 3.8) is 0 Å². The number of carbonyl (C=O) groups is 1. The lowest BCUT2D eigenvalue weighted by atomic mass is 10.1. The van der Waals surface area contributed by atoms with E-state index in [1.807, 2.05) is 0 Å². The minimum atomic E-state index is -0.0222. The van der Waals surface area contributed by atoms with Crippen molar-refractivity contribution in [2.24, 2.45) is 0 Å². The van der Waals surface area contributed by atoms with Gasteiger partial charge in [-0.3, -0.25) is 4.79 Å². The molecule has 0 spiro atoms. The summed E-state index contributed by atoms with van der Waals surface area (Å²) in [5.74, 6) is -0.0222. The summed E-state index contributed by atoms with van der Waals surface area (Å²) in [5.41, 5.74) is 0.611. The molecule has 1 saturated heterocycles.